The average Bonchev–Trinajstić information content (AvgIpc) is 3.23. The van der Waals surface area contributed by atoms with Crippen LogP contribution >= 0.6 is 0 Å². The van der Waals surface area contributed by atoms with Gasteiger partial charge in [-0.15, -0.1) is 0 Å². The van der Waals surface area contributed by atoms with Crippen LogP contribution < -0.4 is 10.1 Å². The van der Waals surface area contributed by atoms with E-state index in [4.69, 9.17) is 9.47 Å². The molecule has 2 aromatic rings. The van der Waals surface area contributed by atoms with Crippen LogP contribution in [0.5, 0.6) is 5.75 Å². The van der Waals surface area contributed by atoms with Gasteiger partial charge in [0.25, 0.3) is 0 Å². The smallest absolute Gasteiger partial charge is 0.407 e. The third-order valence-corrected chi connectivity index (χ3v) is 8.11. The highest BCUT2D eigenvalue weighted by Crippen LogP contribution is 2.38. The zero-order chi connectivity index (χ0) is 27.7. The van der Waals surface area contributed by atoms with E-state index in [-0.39, 0.29) is 30.9 Å². The molecule has 2 aliphatic rings. The number of aryl methyl sites for hydroxylation is 1. The van der Waals surface area contributed by atoms with Crippen molar-refractivity contribution in [2.75, 3.05) is 20.3 Å². The van der Waals surface area contributed by atoms with Gasteiger partial charge in [0, 0.05) is 6.42 Å². The molecule has 0 spiro atoms. The molecule has 0 radical (unpaired) electrons. The summed E-state index contributed by atoms with van der Waals surface area (Å²) in [6, 6.07) is 8.17. The fourth-order valence-electron chi connectivity index (χ4n) is 5.65. The first kappa shape index (κ1) is 27.9. The van der Waals surface area contributed by atoms with Crippen LogP contribution in [0.15, 0.2) is 30.3 Å². The first-order valence-corrected chi connectivity index (χ1v) is 13.5. The van der Waals surface area contributed by atoms with Crippen LogP contribution in [-0.2, 0) is 26.3 Å². The van der Waals surface area contributed by atoms with Gasteiger partial charge < -0.3 is 29.6 Å². The minimum Gasteiger partial charge on any atom is -0.496 e. The summed E-state index contributed by atoms with van der Waals surface area (Å²) in [5.74, 6) is 0.178. The molecule has 0 aromatic heterocycles. The van der Waals surface area contributed by atoms with Crippen molar-refractivity contribution in [3.8, 4) is 5.75 Å². The van der Waals surface area contributed by atoms with E-state index in [0.29, 0.717) is 18.3 Å². The molecule has 2 N–H and O–H groups in total. The number of cyclic esters (lactones) is 1. The maximum absolute atomic E-state index is 13.6. The first-order chi connectivity index (χ1) is 18.0. The number of aldehydes is 1. The summed E-state index contributed by atoms with van der Waals surface area (Å²) in [7, 11) is 1.67. The van der Waals surface area contributed by atoms with Gasteiger partial charge in [0.1, 0.15) is 23.7 Å². The van der Waals surface area contributed by atoms with Crippen LogP contribution in [0.25, 0.3) is 10.8 Å². The van der Waals surface area contributed by atoms with Crippen LogP contribution in [-0.4, -0.2) is 60.6 Å². The summed E-state index contributed by atoms with van der Waals surface area (Å²) in [5, 5.41) is 16.4. The fourth-order valence-corrected chi connectivity index (χ4v) is 5.65. The molecule has 0 saturated carbocycles. The normalized spacial score (nSPS) is 26.6. The van der Waals surface area contributed by atoms with E-state index in [1.54, 1.807) is 7.11 Å². The first-order valence-electron chi connectivity index (χ1n) is 13.5. The van der Waals surface area contributed by atoms with Gasteiger partial charge in [-0.05, 0) is 77.1 Å². The quantitative estimate of drug-likeness (QED) is 0.579. The molecule has 38 heavy (non-hydrogen) atoms. The predicted molar refractivity (Wildman–Crippen MR) is 145 cm³/mol. The molecule has 8 nitrogen and oxygen atoms in total. The number of nitrogens with one attached hydrogen (secondary N) is 1. The van der Waals surface area contributed by atoms with Gasteiger partial charge in [-0.25, -0.2) is 4.79 Å². The van der Waals surface area contributed by atoms with Crippen molar-refractivity contribution in [2.45, 2.75) is 77.5 Å². The van der Waals surface area contributed by atoms with Crippen LogP contribution in [0.3, 0.4) is 0 Å². The summed E-state index contributed by atoms with van der Waals surface area (Å²) in [4.78, 5) is 39.7. The highest BCUT2D eigenvalue weighted by molar-refractivity contribution is 5.89. The second-order valence-corrected chi connectivity index (χ2v) is 11.9. The Balaban J connectivity index is 1.76. The van der Waals surface area contributed by atoms with E-state index in [9.17, 15) is 19.5 Å². The van der Waals surface area contributed by atoms with Crippen LogP contribution in [0.4, 0.5) is 4.79 Å². The Morgan fingerprint density at radius 1 is 1.16 bits per heavy atom. The highest BCUT2D eigenvalue weighted by atomic mass is 16.5. The molecule has 3 atom stereocenters. The number of alkyl carbamates (subject to hydrolysis) is 1. The van der Waals surface area contributed by atoms with E-state index in [1.165, 1.54) is 4.90 Å². The lowest BCUT2D eigenvalue weighted by molar-refractivity contribution is -0.138. The molecule has 5 bridgehead atoms. The molecule has 2 amide bonds. The average molecular weight is 525 g/mol. The number of hydrogen-bond acceptors (Lipinski definition) is 6. The Kier molecular flexibility index (Phi) is 8.02. The van der Waals surface area contributed by atoms with Gasteiger partial charge in [0.2, 0.25) is 5.91 Å². The zero-order valence-corrected chi connectivity index (χ0v) is 23.1. The molecule has 0 aliphatic carbocycles. The SMILES string of the molecule is COc1cc2ccc3cc2cc1CCCC(C)(C)CCOC(=O)N[C@@H](C(C)C)C(=O)N1C[C@@]3(O)C[C@H]1C=O. The standard InChI is InChI=1S/C30H40N2O6/c1-19(2)26-27(34)32-18-30(36,16-24(32)17-33)23-9-8-20-15-25(37-5)21(13-22(20)14-23)7-6-10-29(3,4)11-12-38-28(35)31-26/h8-9,13-15,17,19,24,26,36H,6-7,10-12,16,18H2,1-5H3,(H,31,35)/t24-,26-,30-/m0/s1. The topological polar surface area (TPSA) is 105 Å². The minimum absolute atomic E-state index is 0.0426. The van der Waals surface area contributed by atoms with Crippen LogP contribution in [0.2, 0.25) is 0 Å². The second-order valence-electron chi connectivity index (χ2n) is 11.9. The van der Waals surface area contributed by atoms with E-state index in [0.717, 1.165) is 41.3 Å². The van der Waals surface area contributed by atoms with Gasteiger partial charge in [0.15, 0.2) is 0 Å². The summed E-state index contributed by atoms with van der Waals surface area (Å²) < 4.78 is 11.1. The van der Waals surface area contributed by atoms with Crippen molar-refractivity contribution in [1.82, 2.24) is 10.2 Å². The van der Waals surface area contributed by atoms with E-state index >= 15 is 0 Å². The maximum atomic E-state index is 13.6. The van der Waals surface area contributed by atoms with E-state index in [2.05, 4.69) is 25.2 Å². The highest BCUT2D eigenvalue weighted by Gasteiger charge is 2.47. The number of aliphatic hydroxyl groups is 1. The summed E-state index contributed by atoms with van der Waals surface area (Å²) in [5.41, 5.74) is 0.293. The lowest BCUT2D eigenvalue weighted by Crippen LogP contribution is -2.53. The number of benzene rings is 2. The van der Waals surface area contributed by atoms with Crippen molar-refractivity contribution in [1.29, 1.82) is 0 Å². The molecule has 206 valence electrons. The minimum atomic E-state index is -1.40. The number of rotatable bonds is 3. The van der Waals surface area contributed by atoms with Crippen LogP contribution in [0, 0.1) is 11.3 Å². The summed E-state index contributed by atoms with van der Waals surface area (Å²) in [6.07, 6.45) is 3.51. The number of fused-ring (bicyclic) bond motifs is 5. The Bertz CT molecular complexity index is 1210. The van der Waals surface area contributed by atoms with Gasteiger partial charge in [-0.1, -0.05) is 39.8 Å². The number of amides is 2. The van der Waals surface area contributed by atoms with Crippen molar-refractivity contribution in [3.05, 3.63) is 41.5 Å². The Morgan fingerprint density at radius 2 is 1.92 bits per heavy atom. The molecular weight excluding hydrogens is 484 g/mol. The Morgan fingerprint density at radius 3 is 2.61 bits per heavy atom. The van der Waals surface area contributed by atoms with Crippen LogP contribution in [0.1, 0.15) is 64.5 Å². The lowest BCUT2D eigenvalue weighted by Gasteiger charge is -2.30. The number of nitrogens with zero attached hydrogens (tertiary/aromatic N) is 1. The van der Waals surface area contributed by atoms with Crippen molar-refractivity contribution < 1.29 is 29.0 Å². The van der Waals surface area contributed by atoms with Crippen molar-refractivity contribution in [2.24, 2.45) is 11.3 Å². The Labute approximate surface area is 224 Å². The molecule has 8 heteroatoms. The molecule has 1 saturated heterocycles. The number of carbonyl (C=O) groups excluding carboxylic acids is 3. The Hall–Kier alpha value is -3.13. The molecule has 0 unspecified atom stereocenters. The third-order valence-electron chi connectivity index (χ3n) is 8.11. The molecule has 2 aliphatic heterocycles. The lowest BCUT2D eigenvalue weighted by atomic mass is 9.83. The molecule has 2 heterocycles. The molecular formula is C30H40N2O6. The zero-order valence-electron chi connectivity index (χ0n) is 23.1. The monoisotopic (exact) mass is 524 g/mol. The number of methoxy groups -OCH3 is 1. The van der Waals surface area contributed by atoms with Crippen molar-refractivity contribution in [3.63, 3.8) is 0 Å². The van der Waals surface area contributed by atoms with Crippen molar-refractivity contribution >= 4 is 29.1 Å². The van der Waals surface area contributed by atoms with Gasteiger partial charge in [-0.2, -0.15) is 0 Å². The fraction of sp³-hybridized carbons (Fsp3) is 0.567. The molecule has 4 rings (SSSR count). The van der Waals surface area contributed by atoms with E-state index in [1.807, 2.05) is 38.1 Å². The maximum Gasteiger partial charge on any atom is 0.407 e. The third kappa shape index (κ3) is 5.80. The predicted octanol–water partition coefficient (Wildman–Crippen LogP) is 4.34. The number of carbonyl (C=O) groups is 3. The molecule has 1 fully saturated rings. The molecule has 2 aromatic carbocycles. The number of ether oxygens (including phenoxy) is 2. The van der Waals surface area contributed by atoms with Gasteiger partial charge >= 0.3 is 6.09 Å². The van der Waals surface area contributed by atoms with Gasteiger partial charge in [0.05, 0.1) is 26.3 Å². The largest absolute Gasteiger partial charge is 0.496 e. The number of hydrogen-bond donors (Lipinski definition) is 2. The summed E-state index contributed by atoms with van der Waals surface area (Å²) >= 11 is 0. The van der Waals surface area contributed by atoms with E-state index < -0.39 is 29.7 Å². The van der Waals surface area contributed by atoms with Gasteiger partial charge in [-0.3, -0.25) is 4.79 Å². The second kappa shape index (κ2) is 10.9. The summed E-state index contributed by atoms with van der Waals surface area (Å²) in [6.45, 7) is 8.16.